The Hall–Kier alpha value is -0.883. The predicted octanol–water partition coefficient (Wildman–Crippen LogP) is 6.26. The number of hydrogen-bond acceptors (Lipinski definition) is 4. The zero-order valence-electron chi connectivity index (χ0n) is 15.8. The van der Waals surface area contributed by atoms with Gasteiger partial charge < -0.3 is 14.2 Å². The third-order valence-electron chi connectivity index (χ3n) is 3.92. The van der Waals surface area contributed by atoms with Gasteiger partial charge in [-0.15, -0.1) is 33.2 Å². The van der Waals surface area contributed by atoms with E-state index in [0.29, 0.717) is 18.1 Å². The van der Waals surface area contributed by atoms with Gasteiger partial charge in [-0.05, 0) is 36.2 Å². The van der Waals surface area contributed by atoms with E-state index in [2.05, 4.69) is 0 Å². The fourth-order valence-corrected chi connectivity index (χ4v) is 4.33. The highest BCUT2D eigenvalue weighted by molar-refractivity contribution is 7.64. The molecule has 0 unspecified atom stereocenters. The summed E-state index contributed by atoms with van der Waals surface area (Å²) < 4.78 is 15.6. The molecule has 27 heavy (non-hydrogen) atoms. The average molecular weight is 454 g/mol. The van der Waals surface area contributed by atoms with Crippen LogP contribution in [0.15, 0.2) is 24.3 Å². The topological polar surface area (TPSA) is 44.8 Å². The van der Waals surface area contributed by atoms with E-state index in [4.69, 9.17) is 47.4 Å². The van der Waals surface area contributed by atoms with Crippen LogP contribution in [0, 0.1) is 0 Å². The SMILES string of the molecule is COc1ccc(/C=C/C(=O)OCCCCCCCC[Si](Cl)(Cl)Cl)cc1OC. The lowest BCUT2D eigenvalue weighted by atomic mass is 10.1. The molecule has 4 nitrogen and oxygen atoms in total. The van der Waals surface area contributed by atoms with Gasteiger partial charge in [0, 0.05) is 6.08 Å². The Morgan fingerprint density at radius 1 is 0.963 bits per heavy atom. The number of esters is 1. The molecule has 0 heterocycles. The van der Waals surface area contributed by atoms with Crippen LogP contribution in [0.25, 0.3) is 6.08 Å². The molecule has 0 spiro atoms. The first-order chi connectivity index (χ1) is 12.9. The molecule has 0 aliphatic rings. The lowest BCUT2D eigenvalue weighted by Crippen LogP contribution is -2.07. The molecule has 0 radical (unpaired) electrons. The Morgan fingerprint density at radius 2 is 1.59 bits per heavy atom. The Labute approximate surface area is 176 Å². The zero-order valence-corrected chi connectivity index (χ0v) is 19.1. The number of carbonyl (C=O) groups excluding carboxylic acids is 1. The molecule has 0 N–H and O–H groups in total. The number of carbonyl (C=O) groups is 1. The molecule has 152 valence electrons. The summed E-state index contributed by atoms with van der Waals surface area (Å²) in [6.45, 7) is 0.427. The maximum atomic E-state index is 11.8. The summed E-state index contributed by atoms with van der Waals surface area (Å²) in [5.74, 6) is 0.910. The largest absolute Gasteiger partial charge is 0.493 e. The van der Waals surface area contributed by atoms with Crippen LogP contribution in [0.4, 0.5) is 0 Å². The summed E-state index contributed by atoms with van der Waals surface area (Å²) in [5.41, 5.74) is 0.836. The van der Waals surface area contributed by atoms with Crippen molar-refractivity contribution in [2.45, 2.75) is 44.6 Å². The second kappa shape index (κ2) is 13.3. The minimum absolute atomic E-state index is 0.350. The molecule has 1 aromatic carbocycles. The zero-order chi connectivity index (χ0) is 20.1. The molecule has 0 saturated carbocycles. The van der Waals surface area contributed by atoms with Crippen LogP contribution in [0.3, 0.4) is 0 Å². The molecule has 1 aromatic rings. The van der Waals surface area contributed by atoms with Crippen molar-refractivity contribution in [3.05, 3.63) is 29.8 Å². The van der Waals surface area contributed by atoms with Gasteiger partial charge >= 0.3 is 12.0 Å². The maximum absolute atomic E-state index is 11.8. The molecular formula is C19H27Cl3O4Si. The Morgan fingerprint density at radius 3 is 2.22 bits per heavy atom. The van der Waals surface area contributed by atoms with E-state index < -0.39 is 6.00 Å². The fraction of sp³-hybridized carbons (Fsp3) is 0.526. The van der Waals surface area contributed by atoms with Crippen LogP contribution in [0.1, 0.15) is 44.1 Å². The Balaban J connectivity index is 2.16. The van der Waals surface area contributed by atoms with E-state index in [1.54, 1.807) is 32.4 Å². The number of ether oxygens (including phenoxy) is 3. The lowest BCUT2D eigenvalue weighted by Gasteiger charge is -2.07. The van der Waals surface area contributed by atoms with Crippen LogP contribution >= 0.6 is 33.2 Å². The molecule has 0 fully saturated rings. The molecule has 0 aliphatic carbocycles. The molecule has 0 bridgehead atoms. The summed E-state index contributed by atoms with van der Waals surface area (Å²) in [4.78, 5) is 11.8. The number of rotatable bonds is 13. The molecule has 0 aromatic heterocycles. The smallest absolute Gasteiger partial charge is 0.341 e. The molecular weight excluding hydrogens is 427 g/mol. The van der Waals surface area contributed by atoms with Crippen molar-refractivity contribution in [1.82, 2.24) is 0 Å². The third kappa shape index (κ3) is 11.5. The molecule has 1 rings (SSSR count). The van der Waals surface area contributed by atoms with E-state index in [1.807, 2.05) is 6.07 Å². The molecule has 0 saturated heterocycles. The minimum Gasteiger partial charge on any atom is -0.493 e. The van der Waals surface area contributed by atoms with Gasteiger partial charge in [-0.3, -0.25) is 0 Å². The monoisotopic (exact) mass is 452 g/mol. The van der Waals surface area contributed by atoms with E-state index in [0.717, 1.165) is 50.1 Å². The van der Waals surface area contributed by atoms with Crippen LogP contribution in [-0.2, 0) is 9.53 Å². The highest BCUT2D eigenvalue weighted by Gasteiger charge is 2.23. The van der Waals surface area contributed by atoms with Crippen LogP contribution in [-0.4, -0.2) is 32.8 Å². The number of unbranched alkanes of at least 4 members (excludes halogenated alkanes) is 5. The first kappa shape index (κ1) is 24.2. The minimum atomic E-state index is -2.45. The van der Waals surface area contributed by atoms with E-state index in [1.165, 1.54) is 6.08 Å². The van der Waals surface area contributed by atoms with E-state index in [9.17, 15) is 4.79 Å². The summed E-state index contributed by atoms with van der Waals surface area (Å²) in [5, 5.41) is 0. The van der Waals surface area contributed by atoms with Gasteiger partial charge in [-0.1, -0.05) is 38.2 Å². The van der Waals surface area contributed by atoms with Crippen molar-refractivity contribution >= 4 is 51.3 Å². The van der Waals surface area contributed by atoms with Gasteiger partial charge in [0.1, 0.15) is 0 Å². The first-order valence-electron chi connectivity index (χ1n) is 8.99. The van der Waals surface area contributed by atoms with Crippen molar-refractivity contribution < 1.29 is 19.0 Å². The van der Waals surface area contributed by atoms with Crippen molar-refractivity contribution in [3.63, 3.8) is 0 Å². The normalized spacial score (nSPS) is 11.6. The Bertz CT molecular complexity index is 603. The third-order valence-corrected chi connectivity index (χ3v) is 6.54. The van der Waals surface area contributed by atoms with E-state index >= 15 is 0 Å². The second-order valence-corrected chi connectivity index (χ2v) is 15.4. The van der Waals surface area contributed by atoms with Gasteiger partial charge in [0.2, 0.25) is 0 Å². The van der Waals surface area contributed by atoms with Crippen LogP contribution in [0.2, 0.25) is 6.04 Å². The van der Waals surface area contributed by atoms with Crippen LogP contribution < -0.4 is 9.47 Å². The average Bonchev–Trinajstić information content (AvgIpc) is 2.63. The van der Waals surface area contributed by atoms with Gasteiger partial charge in [0.05, 0.1) is 20.8 Å². The van der Waals surface area contributed by atoms with Gasteiger partial charge in [0.25, 0.3) is 0 Å². The number of hydrogen-bond donors (Lipinski definition) is 0. The molecule has 0 amide bonds. The predicted molar refractivity (Wildman–Crippen MR) is 115 cm³/mol. The van der Waals surface area contributed by atoms with Crippen molar-refractivity contribution in [2.24, 2.45) is 0 Å². The van der Waals surface area contributed by atoms with E-state index in [-0.39, 0.29) is 5.97 Å². The van der Waals surface area contributed by atoms with Crippen molar-refractivity contribution in [1.29, 1.82) is 0 Å². The number of methoxy groups -OCH3 is 2. The summed E-state index contributed by atoms with van der Waals surface area (Å²) in [6, 6.07) is 3.70. The summed E-state index contributed by atoms with van der Waals surface area (Å²) in [7, 11) is 3.15. The second-order valence-electron chi connectivity index (χ2n) is 6.10. The lowest BCUT2D eigenvalue weighted by molar-refractivity contribution is -0.137. The first-order valence-corrected chi connectivity index (χ1v) is 14.2. The maximum Gasteiger partial charge on any atom is 0.341 e. The van der Waals surface area contributed by atoms with Gasteiger partial charge in [-0.25, -0.2) is 4.79 Å². The van der Waals surface area contributed by atoms with Gasteiger partial charge in [-0.2, -0.15) is 0 Å². The summed E-state index contributed by atoms with van der Waals surface area (Å²) >= 11 is 17.5. The standard InChI is InChI=1S/C19H27Cl3O4Si/c1-24-17-11-9-16(15-18(17)25-2)10-12-19(23)26-13-7-5-3-4-6-8-14-27(20,21)22/h9-12,15H,3-8,13-14H2,1-2H3/b12-10+. The molecule has 0 atom stereocenters. The summed E-state index contributed by atoms with van der Waals surface area (Å²) in [6.07, 6.45) is 9.25. The quantitative estimate of drug-likeness (QED) is 0.116. The number of benzene rings is 1. The van der Waals surface area contributed by atoms with Crippen LogP contribution in [0.5, 0.6) is 11.5 Å². The van der Waals surface area contributed by atoms with Gasteiger partial charge in [0.15, 0.2) is 11.5 Å². The highest BCUT2D eigenvalue weighted by Crippen LogP contribution is 2.28. The number of halogens is 3. The molecule has 0 aliphatic heterocycles. The Kier molecular flexibility index (Phi) is 11.9. The van der Waals surface area contributed by atoms with Crippen molar-refractivity contribution in [2.75, 3.05) is 20.8 Å². The highest BCUT2D eigenvalue weighted by atomic mass is 35.8. The van der Waals surface area contributed by atoms with Crippen molar-refractivity contribution in [3.8, 4) is 11.5 Å². The molecule has 8 heteroatoms. The fourth-order valence-electron chi connectivity index (χ4n) is 2.48.